The van der Waals surface area contributed by atoms with E-state index in [0.29, 0.717) is 12.3 Å². The van der Waals surface area contributed by atoms with E-state index < -0.39 is 0 Å². The van der Waals surface area contributed by atoms with E-state index in [0.717, 1.165) is 24.9 Å². The second-order valence-electron chi connectivity index (χ2n) is 9.44. The quantitative estimate of drug-likeness (QED) is 0.708. The Morgan fingerprint density at radius 2 is 2.07 bits per heavy atom. The van der Waals surface area contributed by atoms with Crippen molar-refractivity contribution in [2.24, 2.45) is 17.8 Å². The number of benzene rings is 1. The lowest BCUT2D eigenvalue weighted by Gasteiger charge is -2.56. The average Bonchev–Trinajstić information content (AvgIpc) is 3.21. The standard InChI is InChI=1S/C23H30N2O5/c1-12-19(22(28)29-4)14-10-18-23(8-9-24(18)3)16-6-5-7-17(27)20(16)25(13(2)26)21(23)15(14)11-30-12/h5-7,12,14-15,18-19,21,27H,8-11H2,1-4H3/t12-,14+,15+,18+,19-,21-,23?/m0/s1. The van der Waals surface area contributed by atoms with Crippen LogP contribution in [-0.4, -0.2) is 67.4 Å². The van der Waals surface area contributed by atoms with E-state index in [9.17, 15) is 14.7 Å². The number of carbonyl (C=O) groups excluding carboxylic acids is 2. The summed E-state index contributed by atoms with van der Waals surface area (Å²) in [5.74, 6) is -0.468. The van der Waals surface area contributed by atoms with Crippen LogP contribution in [0.4, 0.5) is 5.69 Å². The van der Waals surface area contributed by atoms with Crippen LogP contribution < -0.4 is 4.90 Å². The van der Waals surface area contributed by atoms with Gasteiger partial charge in [-0.25, -0.2) is 0 Å². The van der Waals surface area contributed by atoms with Crippen LogP contribution in [0.25, 0.3) is 0 Å². The van der Waals surface area contributed by atoms with Gasteiger partial charge in [0, 0.05) is 24.3 Å². The normalized spacial score (nSPS) is 39.7. The van der Waals surface area contributed by atoms with Crippen molar-refractivity contribution in [2.45, 2.75) is 50.3 Å². The van der Waals surface area contributed by atoms with Crippen molar-refractivity contribution in [1.82, 2.24) is 4.90 Å². The van der Waals surface area contributed by atoms with Gasteiger partial charge in [-0.05, 0) is 50.9 Å². The number of carbonyl (C=O) groups is 2. The Labute approximate surface area is 176 Å². The number of nitrogens with zero attached hydrogens (tertiary/aromatic N) is 2. The first-order chi connectivity index (χ1) is 14.3. The van der Waals surface area contributed by atoms with Gasteiger partial charge in [0.15, 0.2) is 0 Å². The van der Waals surface area contributed by atoms with Crippen LogP contribution in [-0.2, 0) is 24.5 Å². The topological polar surface area (TPSA) is 79.3 Å². The minimum absolute atomic E-state index is 0.00347. The van der Waals surface area contributed by atoms with Crippen molar-refractivity contribution >= 4 is 17.6 Å². The molecule has 1 aromatic carbocycles. The molecule has 0 bridgehead atoms. The molecule has 5 rings (SSSR count). The number of amides is 1. The molecule has 4 aliphatic rings. The maximum atomic E-state index is 13.0. The fraction of sp³-hybridized carbons (Fsp3) is 0.652. The number of anilines is 1. The minimum Gasteiger partial charge on any atom is -0.506 e. The van der Waals surface area contributed by atoms with Gasteiger partial charge in [0.25, 0.3) is 0 Å². The van der Waals surface area contributed by atoms with Gasteiger partial charge in [-0.1, -0.05) is 12.1 Å². The molecule has 7 atom stereocenters. The van der Waals surface area contributed by atoms with Crippen molar-refractivity contribution in [2.75, 3.05) is 32.2 Å². The predicted molar refractivity (Wildman–Crippen MR) is 110 cm³/mol. The fourth-order valence-corrected chi connectivity index (χ4v) is 7.25. The molecule has 3 aliphatic heterocycles. The smallest absolute Gasteiger partial charge is 0.311 e. The summed E-state index contributed by atoms with van der Waals surface area (Å²) in [7, 11) is 3.56. The first-order valence-electron chi connectivity index (χ1n) is 10.8. The number of ether oxygens (including phenoxy) is 2. The molecule has 162 valence electrons. The molecule has 7 nitrogen and oxygen atoms in total. The Balaban J connectivity index is 1.71. The summed E-state index contributed by atoms with van der Waals surface area (Å²) in [5.41, 5.74) is 1.44. The summed E-state index contributed by atoms with van der Waals surface area (Å²) in [6, 6.07) is 5.64. The van der Waals surface area contributed by atoms with E-state index in [4.69, 9.17) is 9.47 Å². The van der Waals surface area contributed by atoms with Crippen LogP contribution in [0.15, 0.2) is 18.2 Å². The molecule has 1 amide bonds. The number of hydrogen-bond donors (Lipinski definition) is 1. The summed E-state index contributed by atoms with van der Waals surface area (Å²) >= 11 is 0. The summed E-state index contributed by atoms with van der Waals surface area (Å²) in [6.45, 7) is 4.92. The number of fused-ring (bicyclic) bond motifs is 3. The molecule has 30 heavy (non-hydrogen) atoms. The van der Waals surface area contributed by atoms with E-state index in [-0.39, 0.29) is 59.0 Å². The zero-order valence-corrected chi connectivity index (χ0v) is 18.0. The summed E-state index contributed by atoms with van der Waals surface area (Å²) in [6.07, 6.45) is 1.55. The number of methoxy groups -OCH3 is 1. The highest BCUT2D eigenvalue weighted by Gasteiger charge is 2.68. The van der Waals surface area contributed by atoms with Crippen LogP contribution in [0.2, 0.25) is 0 Å². The largest absolute Gasteiger partial charge is 0.506 e. The molecule has 1 N–H and O–H groups in total. The Hall–Kier alpha value is -2.12. The van der Waals surface area contributed by atoms with Gasteiger partial charge in [0.1, 0.15) is 5.75 Å². The van der Waals surface area contributed by atoms with Crippen molar-refractivity contribution in [3.05, 3.63) is 23.8 Å². The Kier molecular flexibility index (Phi) is 4.42. The molecule has 3 heterocycles. The van der Waals surface area contributed by atoms with Crippen LogP contribution in [0, 0.1) is 17.8 Å². The number of hydrogen-bond acceptors (Lipinski definition) is 6. The molecule has 1 spiro atoms. The highest BCUT2D eigenvalue weighted by atomic mass is 16.5. The molecule has 1 saturated carbocycles. The van der Waals surface area contributed by atoms with Crippen molar-refractivity contribution in [3.63, 3.8) is 0 Å². The molecular formula is C23H30N2O5. The lowest BCUT2D eigenvalue weighted by atomic mass is 9.55. The number of aromatic hydroxyl groups is 1. The van der Waals surface area contributed by atoms with Crippen LogP contribution in [0.1, 0.15) is 32.3 Å². The predicted octanol–water partition coefficient (Wildman–Crippen LogP) is 1.91. The molecule has 3 fully saturated rings. The third kappa shape index (κ3) is 2.33. The molecule has 0 aromatic heterocycles. The molecule has 1 aromatic rings. The number of rotatable bonds is 1. The second kappa shape index (κ2) is 6.69. The molecule has 1 aliphatic carbocycles. The number of likely N-dealkylation sites (N-methyl/N-ethyl adjacent to an activating group) is 1. The van der Waals surface area contributed by atoms with Gasteiger partial charge in [0.2, 0.25) is 5.91 Å². The number of phenols is 1. The molecule has 2 saturated heterocycles. The van der Waals surface area contributed by atoms with Crippen LogP contribution in [0.5, 0.6) is 5.75 Å². The number of phenolic OH excluding ortho intramolecular Hbond substituents is 1. The highest BCUT2D eigenvalue weighted by Crippen LogP contribution is 2.63. The van der Waals surface area contributed by atoms with Crippen LogP contribution in [0.3, 0.4) is 0 Å². The number of esters is 1. The minimum atomic E-state index is -0.355. The van der Waals surface area contributed by atoms with Crippen molar-refractivity contribution in [3.8, 4) is 5.75 Å². The lowest BCUT2D eigenvalue weighted by molar-refractivity contribution is -0.172. The zero-order chi connectivity index (χ0) is 21.4. The van der Waals surface area contributed by atoms with E-state index in [1.54, 1.807) is 17.9 Å². The zero-order valence-electron chi connectivity index (χ0n) is 18.0. The van der Waals surface area contributed by atoms with Gasteiger partial charge < -0.3 is 24.4 Å². The summed E-state index contributed by atoms with van der Waals surface area (Å²) in [4.78, 5) is 29.9. The number of likely N-dealkylation sites (tertiary alicyclic amines) is 1. The van der Waals surface area contributed by atoms with Crippen molar-refractivity contribution < 1.29 is 24.2 Å². The Morgan fingerprint density at radius 1 is 1.30 bits per heavy atom. The second-order valence-corrected chi connectivity index (χ2v) is 9.44. The van der Waals surface area contributed by atoms with Crippen molar-refractivity contribution in [1.29, 1.82) is 0 Å². The fourth-order valence-electron chi connectivity index (χ4n) is 7.25. The monoisotopic (exact) mass is 414 g/mol. The first-order valence-corrected chi connectivity index (χ1v) is 10.8. The molecule has 7 heteroatoms. The first kappa shape index (κ1) is 19.8. The number of para-hydroxylation sites is 1. The van der Waals surface area contributed by atoms with Gasteiger partial charge in [-0.15, -0.1) is 0 Å². The molecule has 1 unspecified atom stereocenters. The van der Waals surface area contributed by atoms with Crippen LogP contribution >= 0.6 is 0 Å². The maximum Gasteiger partial charge on any atom is 0.311 e. The van der Waals surface area contributed by atoms with E-state index in [1.165, 1.54) is 7.11 Å². The molecule has 0 radical (unpaired) electrons. The Bertz CT molecular complexity index is 904. The summed E-state index contributed by atoms with van der Waals surface area (Å²) in [5, 5.41) is 10.8. The van der Waals surface area contributed by atoms with E-state index >= 15 is 0 Å². The molecular weight excluding hydrogens is 384 g/mol. The Morgan fingerprint density at radius 3 is 2.77 bits per heavy atom. The van der Waals surface area contributed by atoms with Gasteiger partial charge in [-0.2, -0.15) is 0 Å². The lowest BCUT2D eigenvalue weighted by Crippen LogP contribution is -2.66. The third-order valence-corrected chi connectivity index (χ3v) is 8.35. The summed E-state index contributed by atoms with van der Waals surface area (Å²) < 4.78 is 11.3. The van der Waals surface area contributed by atoms with Gasteiger partial charge in [0.05, 0.1) is 37.5 Å². The SMILES string of the molecule is COC(=O)[C@@H]1[C@@H]2C[C@H]3N(C)CCC34c3cccc(O)c3N(C(C)=O)[C@H]4[C@@H]2CO[C@H]1C. The van der Waals surface area contributed by atoms with E-state index in [1.807, 2.05) is 13.0 Å². The maximum absolute atomic E-state index is 13.0. The van der Waals surface area contributed by atoms with Gasteiger partial charge >= 0.3 is 5.97 Å². The average molecular weight is 415 g/mol. The van der Waals surface area contributed by atoms with Gasteiger partial charge in [-0.3, -0.25) is 9.59 Å². The highest BCUT2D eigenvalue weighted by molar-refractivity contribution is 5.98. The third-order valence-electron chi connectivity index (χ3n) is 8.35. The van der Waals surface area contributed by atoms with E-state index in [2.05, 4.69) is 18.0 Å².